The van der Waals surface area contributed by atoms with Gasteiger partial charge in [0, 0.05) is 18.3 Å². The normalized spacial score (nSPS) is 10.6. The maximum Gasteiger partial charge on any atom is 0.0962 e. The van der Waals surface area contributed by atoms with E-state index < -0.39 is 0 Å². The summed E-state index contributed by atoms with van der Waals surface area (Å²) in [6.45, 7) is 6.09. The molecule has 0 aliphatic rings. The summed E-state index contributed by atoms with van der Waals surface area (Å²) in [6.07, 6.45) is 5.75. The number of aryl methyl sites for hydroxylation is 4. The van der Waals surface area contributed by atoms with Crippen LogP contribution in [0.4, 0.5) is 0 Å². The minimum absolute atomic E-state index is 0.987. The zero-order chi connectivity index (χ0) is 18.5. The van der Waals surface area contributed by atoms with Crippen LogP contribution in [0.1, 0.15) is 30.7 Å². The molecule has 0 spiro atoms. The molecule has 0 fully saturated rings. The third kappa shape index (κ3) is 3.54. The first-order valence-corrected chi connectivity index (χ1v) is 9.20. The highest BCUT2D eigenvalue weighted by Crippen LogP contribution is 2.27. The molecule has 2 aromatic heterocycles. The fraction of sp³-hybridized carbons (Fsp3) is 0.273. The van der Waals surface area contributed by atoms with Crippen LogP contribution in [0.3, 0.4) is 0 Å². The number of H-pyrrole nitrogens is 1. The number of hydrogen-bond acceptors (Lipinski definition) is 2. The van der Waals surface area contributed by atoms with Crippen LogP contribution in [0.15, 0.2) is 55.0 Å². The molecule has 134 valence electrons. The molecule has 0 unspecified atom stereocenters. The predicted molar refractivity (Wildman–Crippen MR) is 108 cm³/mol. The highest BCUT2D eigenvalue weighted by molar-refractivity contribution is 5.92. The number of aromatic nitrogens is 4. The average molecular weight is 346 g/mol. The second-order valence-corrected chi connectivity index (χ2v) is 6.26. The topological polar surface area (TPSA) is 46.5 Å². The maximum atomic E-state index is 4.55. The molecule has 0 saturated heterocycles. The maximum absolute atomic E-state index is 4.55. The Labute approximate surface area is 154 Å². The van der Waals surface area contributed by atoms with Gasteiger partial charge in [-0.2, -0.15) is 5.10 Å². The van der Waals surface area contributed by atoms with Crippen molar-refractivity contribution in [1.29, 1.82) is 0 Å². The van der Waals surface area contributed by atoms with E-state index in [4.69, 9.17) is 0 Å². The molecule has 2 heterocycles. The molecule has 2 aromatic carbocycles. The minimum Gasteiger partial charge on any atom is -0.334 e. The van der Waals surface area contributed by atoms with Crippen LogP contribution < -0.4 is 0 Å². The van der Waals surface area contributed by atoms with Crippen molar-refractivity contribution >= 4 is 11.0 Å². The molecular weight excluding hydrogens is 320 g/mol. The van der Waals surface area contributed by atoms with Gasteiger partial charge in [-0.05, 0) is 42.5 Å². The molecule has 4 rings (SSSR count). The number of nitrogens with one attached hydrogen (secondary N) is 1. The van der Waals surface area contributed by atoms with E-state index in [9.17, 15) is 0 Å². The molecule has 0 aliphatic carbocycles. The van der Waals surface area contributed by atoms with E-state index >= 15 is 0 Å². The third-order valence-corrected chi connectivity index (χ3v) is 4.62. The number of rotatable bonds is 4. The third-order valence-electron chi connectivity index (χ3n) is 4.62. The van der Waals surface area contributed by atoms with E-state index in [0.717, 1.165) is 23.9 Å². The summed E-state index contributed by atoms with van der Waals surface area (Å²) in [6, 6.07) is 15.1. The lowest BCUT2D eigenvalue weighted by atomic mass is 10.0. The summed E-state index contributed by atoms with van der Waals surface area (Å²) in [5.41, 5.74) is 8.39. The van der Waals surface area contributed by atoms with Gasteiger partial charge in [-0.3, -0.25) is 5.10 Å². The molecule has 0 aliphatic heterocycles. The molecular formula is C22H26N4. The van der Waals surface area contributed by atoms with Crippen molar-refractivity contribution in [3.05, 3.63) is 71.8 Å². The molecule has 0 radical (unpaired) electrons. The Morgan fingerprint density at radius 3 is 2.46 bits per heavy atom. The van der Waals surface area contributed by atoms with Crippen molar-refractivity contribution in [1.82, 2.24) is 19.7 Å². The van der Waals surface area contributed by atoms with Crippen LogP contribution >= 0.6 is 0 Å². The quantitative estimate of drug-likeness (QED) is 0.560. The Bertz CT molecular complexity index is 977. The highest BCUT2D eigenvalue weighted by atomic mass is 15.1. The van der Waals surface area contributed by atoms with Crippen LogP contribution in [0.25, 0.3) is 22.2 Å². The Kier molecular flexibility index (Phi) is 5.52. The van der Waals surface area contributed by atoms with Gasteiger partial charge in [-0.15, -0.1) is 0 Å². The Morgan fingerprint density at radius 1 is 1.00 bits per heavy atom. The van der Waals surface area contributed by atoms with E-state index in [0.29, 0.717) is 0 Å². The summed E-state index contributed by atoms with van der Waals surface area (Å²) in [7, 11) is 2.03. The van der Waals surface area contributed by atoms with Crippen molar-refractivity contribution in [2.45, 2.75) is 33.6 Å². The second kappa shape index (κ2) is 8.00. The molecule has 4 nitrogen and oxygen atoms in total. The summed E-state index contributed by atoms with van der Waals surface area (Å²) < 4.78 is 2.06. The molecule has 4 aromatic rings. The van der Waals surface area contributed by atoms with Crippen LogP contribution in [-0.2, 0) is 19.9 Å². The molecule has 1 N–H and O–H groups in total. The van der Waals surface area contributed by atoms with Gasteiger partial charge in [-0.25, -0.2) is 4.98 Å². The van der Waals surface area contributed by atoms with Crippen molar-refractivity contribution in [2.24, 2.45) is 7.05 Å². The van der Waals surface area contributed by atoms with Gasteiger partial charge in [0.2, 0.25) is 0 Å². The van der Waals surface area contributed by atoms with Gasteiger partial charge < -0.3 is 4.57 Å². The SMILES string of the molecule is CC.Cc1cn[nH]c1CCc1ccc(-c2cccc3c2ncn3C)cc1. The number of nitrogens with zero attached hydrogens (tertiary/aromatic N) is 3. The first kappa shape index (κ1) is 17.9. The van der Waals surface area contributed by atoms with Crippen LogP contribution in [0, 0.1) is 6.92 Å². The van der Waals surface area contributed by atoms with Crippen LogP contribution in [-0.4, -0.2) is 19.7 Å². The highest BCUT2D eigenvalue weighted by Gasteiger charge is 2.08. The second-order valence-electron chi connectivity index (χ2n) is 6.26. The van der Waals surface area contributed by atoms with Gasteiger partial charge in [0.15, 0.2) is 0 Å². The van der Waals surface area contributed by atoms with Crippen molar-refractivity contribution in [2.75, 3.05) is 0 Å². The fourth-order valence-electron chi connectivity index (χ4n) is 3.14. The standard InChI is InChI=1S/C20H20N4.C2H6/c1-14-12-22-23-18(14)11-8-15-6-9-16(10-7-15)17-4-3-5-19-20(17)21-13-24(19)2;1-2/h3-7,9-10,12-13H,8,11H2,1-2H3,(H,22,23);1-2H3. The number of aromatic amines is 1. The van der Waals surface area contributed by atoms with Gasteiger partial charge in [-0.1, -0.05) is 50.2 Å². The molecule has 0 bridgehead atoms. The molecule has 26 heavy (non-hydrogen) atoms. The number of imidazole rings is 1. The van der Waals surface area contributed by atoms with Crippen LogP contribution in [0.2, 0.25) is 0 Å². The monoisotopic (exact) mass is 346 g/mol. The Morgan fingerprint density at radius 2 is 1.77 bits per heavy atom. The largest absolute Gasteiger partial charge is 0.334 e. The Balaban J connectivity index is 0.000000948. The van der Waals surface area contributed by atoms with E-state index in [1.165, 1.54) is 27.9 Å². The van der Waals surface area contributed by atoms with Gasteiger partial charge >= 0.3 is 0 Å². The first-order chi connectivity index (χ1) is 12.7. The number of para-hydroxylation sites is 1. The fourth-order valence-corrected chi connectivity index (χ4v) is 3.14. The molecule has 0 atom stereocenters. The minimum atomic E-state index is 0.987. The Hall–Kier alpha value is -2.88. The van der Waals surface area contributed by atoms with Crippen molar-refractivity contribution in [3.8, 4) is 11.1 Å². The van der Waals surface area contributed by atoms with Crippen molar-refractivity contribution < 1.29 is 0 Å². The zero-order valence-corrected chi connectivity index (χ0v) is 16.0. The molecule has 4 heteroatoms. The van der Waals surface area contributed by atoms with E-state index in [2.05, 4.69) is 69.1 Å². The lowest BCUT2D eigenvalue weighted by molar-refractivity contribution is 0.887. The lowest BCUT2D eigenvalue weighted by Crippen LogP contribution is -1.94. The summed E-state index contributed by atoms with van der Waals surface area (Å²) in [5.74, 6) is 0. The first-order valence-electron chi connectivity index (χ1n) is 9.20. The zero-order valence-electron chi connectivity index (χ0n) is 16.0. The van der Waals surface area contributed by atoms with E-state index in [1.807, 2.05) is 33.4 Å². The smallest absolute Gasteiger partial charge is 0.0962 e. The summed E-state index contributed by atoms with van der Waals surface area (Å²) in [5, 5.41) is 7.16. The molecule has 0 saturated carbocycles. The average Bonchev–Trinajstić information content (AvgIpc) is 3.28. The number of hydrogen-bond donors (Lipinski definition) is 1. The molecule has 0 amide bonds. The van der Waals surface area contributed by atoms with Gasteiger partial charge in [0.05, 0.1) is 23.6 Å². The van der Waals surface area contributed by atoms with E-state index in [-0.39, 0.29) is 0 Å². The number of benzene rings is 2. The van der Waals surface area contributed by atoms with Gasteiger partial charge in [0.25, 0.3) is 0 Å². The van der Waals surface area contributed by atoms with Crippen LogP contribution in [0.5, 0.6) is 0 Å². The number of fused-ring (bicyclic) bond motifs is 1. The summed E-state index contributed by atoms with van der Waals surface area (Å²) >= 11 is 0. The predicted octanol–water partition coefficient (Wildman–Crippen LogP) is 5.08. The van der Waals surface area contributed by atoms with Crippen molar-refractivity contribution in [3.63, 3.8) is 0 Å². The lowest BCUT2D eigenvalue weighted by Gasteiger charge is -2.06. The van der Waals surface area contributed by atoms with E-state index in [1.54, 1.807) is 0 Å². The summed E-state index contributed by atoms with van der Waals surface area (Å²) in [4.78, 5) is 4.55. The van der Waals surface area contributed by atoms with Gasteiger partial charge in [0.1, 0.15) is 0 Å².